The Morgan fingerprint density at radius 3 is 2.79 bits per heavy atom. The molecule has 0 heterocycles. The number of nitrogens with zero attached hydrogens (tertiary/aromatic N) is 1. The highest BCUT2D eigenvalue weighted by Crippen LogP contribution is 2.25. The van der Waals surface area contributed by atoms with Crippen LogP contribution >= 0.6 is 0 Å². The van der Waals surface area contributed by atoms with Crippen molar-refractivity contribution in [3.8, 4) is 5.75 Å². The van der Waals surface area contributed by atoms with E-state index >= 15 is 0 Å². The summed E-state index contributed by atoms with van der Waals surface area (Å²) in [5.74, 6) is 0.174. The second-order valence-corrected chi connectivity index (χ2v) is 2.47. The largest absolute Gasteiger partial charge is 0.486 e. The summed E-state index contributed by atoms with van der Waals surface area (Å²) in [7, 11) is 0. The van der Waals surface area contributed by atoms with Gasteiger partial charge in [0, 0.05) is 12.5 Å². The molecule has 0 aliphatic rings. The van der Waals surface area contributed by atoms with E-state index in [1.807, 2.05) is 0 Å². The molecular weight excluding hydrogens is 186 g/mol. The third-order valence-electron chi connectivity index (χ3n) is 1.52. The summed E-state index contributed by atoms with van der Waals surface area (Å²) < 4.78 is 5.03. The standard InChI is InChI=1S/C9H8NO4/c11-6-3-7-14-9-5-2-1-4-8(9)10(12)13/h1-2,4-5H,3,7H2. The van der Waals surface area contributed by atoms with Crippen molar-refractivity contribution in [3.63, 3.8) is 0 Å². The Labute approximate surface area is 80.5 Å². The lowest BCUT2D eigenvalue weighted by molar-refractivity contribution is -0.385. The molecule has 0 aliphatic carbocycles. The van der Waals surface area contributed by atoms with Gasteiger partial charge in [0.15, 0.2) is 5.75 Å². The highest BCUT2D eigenvalue weighted by molar-refractivity contribution is 5.51. The zero-order chi connectivity index (χ0) is 10.4. The van der Waals surface area contributed by atoms with E-state index in [2.05, 4.69) is 0 Å². The van der Waals surface area contributed by atoms with Gasteiger partial charge in [0.05, 0.1) is 11.5 Å². The summed E-state index contributed by atoms with van der Waals surface area (Å²) in [5.41, 5.74) is -0.0987. The monoisotopic (exact) mass is 194 g/mol. The normalized spacial score (nSPS) is 9.43. The number of rotatable bonds is 5. The third kappa shape index (κ3) is 2.55. The maximum absolute atomic E-state index is 10.5. The summed E-state index contributed by atoms with van der Waals surface area (Å²) in [6.45, 7) is 0.106. The summed E-state index contributed by atoms with van der Waals surface area (Å²) in [5, 5.41) is 10.5. The van der Waals surface area contributed by atoms with E-state index in [0.29, 0.717) is 0 Å². The van der Waals surface area contributed by atoms with Crippen molar-refractivity contribution >= 4 is 12.0 Å². The van der Waals surface area contributed by atoms with Crippen LogP contribution in [0.15, 0.2) is 24.3 Å². The number of hydrogen-bond acceptors (Lipinski definition) is 4. The Bertz CT molecular complexity index is 337. The van der Waals surface area contributed by atoms with Crippen LogP contribution in [-0.4, -0.2) is 17.8 Å². The molecule has 5 nitrogen and oxygen atoms in total. The van der Waals surface area contributed by atoms with Crippen LogP contribution in [0.3, 0.4) is 0 Å². The van der Waals surface area contributed by atoms with Crippen LogP contribution in [0.4, 0.5) is 5.69 Å². The Hall–Kier alpha value is -1.91. The van der Waals surface area contributed by atoms with E-state index in [0.717, 1.165) is 0 Å². The van der Waals surface area contributed by atoms with Crippen molar-refractivity contribution in [1.29, 1.82) is 0 Å². The fourth-order valence-corrected chi connectivity index (χ4v) is 0.933. The van der Waals surface area contributed by atoms with Crippen LogP contribution in [0.1, 0.15) is 6.42 Å². The third-order valence-corrected chi connectivity index (χ3v) is 1.52. The number of benzene rings is 1. The molecule has 1 aromatic rings. The minimum absolute atomic E-state index is 0.0987. The van der Waals surface area contributed by atoms with Crippen LogP contribution in [0.5, 0.6) is 5.75 Å². The van der Waals surface area contributed by atoms with Crippen molar-refractivity contribution in [1.82, 2.24) is 0 Å². The number of nitro groups is 1. The van der Waals surface area contributed by atoms with E-state index in [9.17, 15) is 14.9 Å². The Morgan fingerprint density at radius 2 is 2.14 bits per heavy atom. The van der Waals surface area contributed by atoms with Crippen molar-refractivity contribution < 1.29 is 14.5 Å². The lowest BCUT2D eigenvalue weighted by atomic mass is 10.3. The fraction of sp³-hybridized carbons (Fsp3) is 0.222. The maximum Gasteiger partial charge on any atom is 0.310 e. The van der Waals surface area contributed by atoms with Crippen LogP contribution in [0.2, 0.25) is 0 Å². The lowest BCUT2D eigenvalue weighted by Crippen LogP contribution is -2.00. The first kappa shape index (κ1) is 10.2. The second kappa shape index (κ2) is 4.96. The molecule has 1 aromatic carbocycles. The van der Waals surface area contributed by atoms with Gasteiger partial charge in [0.2, 0.25) is 6.29 Å². The zero-order valence-electron chi connectivity index (χ0n) is 7.30. The second-order valence-electron chi connectivity index (χ2n) is 2.47. The summed E-state index contributed by atoms with van der Waals surface area (Å²) in [4.78, 5) is 19.8. The first-order chi connectivity index (χ1) is 6.75. The Morgan fingerprint density at radius 1 is 1.43 bits per heavy atom. The number of nitro benzene ring substituents is 1. The molecule has 0 aromatic heterocycles. The van der Waals surface area contributed by atoms with Crippen molar-refractivity contribution in [3.05, 3.63) is 34.4 Å². The van der Waals surface area contributed by atoms with Gasteiger partial charge in [-0.05, 0) is 6.07 Å². The van der Waals surface area contributed by atoms with E-state index in [4.69, 9.17) is 4.74 Å². The smallest absolute Gasteiger partial charge is 0.310 e. The summed E-state index contributed by atoms with van der Waals surface area (Å²) in [6.07, 6.45) is 1.75. The highest BCUT2D eigenvalue weighted by atomic mass is 16.6. The lowest BCUT2D eigenvalue weighted by Gasteiger charge is -2.03. The highest BCUT2D eigenvalue weighted by Gasteiger charge is 2.12. The van der Waals surface area contributed by atoms with Crippen molar-refractivity contribution in [2.24, 2.45) is 0 Å². The molecule has 5 heteroatoms. The molecule has 0 N–H and O–H groups in total. The molecule has 73 valence electrons. The molecule has 0 saturated heterocycles. The number of hydrogen-bond donors (Lipinski definition) is 0. The van der Waals surface area contributed by atoms with Gasteiger partial charge in [0.1, 0.15) is 0 Å². The minimum atomic E-state index is -0.528. The van der Waals surface area contributed by atoms with E-state index in [1.54, 1.807) is 18.4 Å². The van der Waals surface area contributed by atoms with E-state index < -0.39 is 4.92 Å². The molecule has 1 radical (unpaired) electrons. The average molecular weight is 194 g/mol. The molecule has 0 fully saturated rings. The molecular formula is C9H8NO4. The summed E-state index contributed by atoms with van der Waals surface area (Å²) in [6, 6.07) is 6.02. The quantitative estimate of drug-likeness (QED) is 0.404. The molecule has 0 unspecified atom stereocenters. The van der Waals surface area contributed by atoms with E-state index in [-0.39, 0.29) is 24.5 Å². The van der Waals surface area contributed by atoms with Gasteiger partial charge in [-0.25, -0.2) is 0 Å². The van der Waals surface area contributed by atoms with Gasteiger partial charge in [0.25, 0.3) is 0 Å². The Kier molecular flexibility index (Phi) is 3.60. The van der Waals surface area contributed by atoms with Gasteiger partial charge < -0.3 is 4.74 Å². The topological polar surface area (TPSA) is 69.4 Å². The van der Waals surface area contributed by atoms with Crippen molar-refractivity contribution in [2.75, 3.05) is 6.61 Å². The van der Waals surface area contributed by atoms with Gasteiger partial charge in [-0.1, -0.05) is 12.1 Å². The SMILES string of the molecule is O=[C]CCOc1ccccc1[N+](=O)[O-]. The van der Waals surface area contributed by atoms with Crippen LogP contribution in [0, 0.1) is 10.1 Å². The summed E-state index contributed by atoms with van der Waals surface area (Å²) >= 11 is 0. The first-order valence-electron chi connectivity index (χ1n) is 3.97. The number of para-hydroxylation sites is 2. The van der Waals surface area contributed by atoms with Gasteiger partial charge in [-0.2, -0.15) is 0 Å². The molecule has 0 aliphatic heterocycles. The predicted molar refractivity (Wildman–Crippen MR) is 48.9 cm³/mol. The molecule has 14 heavy (non-hydrogen) atoms. The maximum atomic E-state index is 10.5. The fourth-order valence-electron chi connectivity index (χ4n) is 0.933. The number of ether oxygens (including phenoxy) is 1. The number of carbonyl (C=O) groups excluding carboxylic acids is 1. The van der Waals surface area contributed by atoms with Crippen molar-refractivity contribution in [2.45, 2.75) is 6.42 Å². The van der Waals surface area contributed by atoms with Gasteiger partial charge in [-0.15, -0.1) is 0 Å². The van der Waals surface area contributed by atoms with Gasteiger partial charge in [-0.3, -0.25) is 14.9 Å². The molecule has 0 saturated carbocycles. The molecule has 0 spiro atoms. The molecule has 0 amide bonds. The molecule has 0 bridgehead atoms. The van der Waals surface area contributed by atoms with Gasteiger partial charge >= 0.3 is 5.69 Å². The van der Waals surface area contributed by atoms with Crippen LogP contribution in [0.25, 0.3) is 0 Å². The predicted octanol–water partition coefficient (Wildman–Crippen LogP) is 1.47. The van der Waals surface area contributed by atoms with E-state index in [1.165, 1.54) is 12.1 Å². The zero-order valence-corrected chi connectivity index (χ0v) is 7.30. The average Bonchev–Trinajstić information content (AvgIpc) is 2.19. The first-order valence-corrected chi connectivity index (χ1v) is 3.97. The van der Waals surface area contributed by atoms with Crippen LogP contribution in [-0.2, 0) is 4.79 Å². The Balaban J connectivity index is 2.74. The van der Waals surface area contributed by atoms with Crippen LogP contribution < -0.4 is 4.74 Å². The molecule has 1 rings (SSSR count). The molecule has 0 atom stereocenters. The minimum Gasteiger partial charge on any atom is -0.486 e.